The van der Waals surface area contributed by atoms with Crippen molar-refractivity contribution in [2.45, 2.75) is 104 Å². The molecular formula is C23H42O5. The third kappa shape index (κ3) is 24.4. The molecule has 0 saturated heterocycles. The van der Waals surface area contributed by atoms with Crippen LogP contribution in [0.5, 0.6) is 0 Å². The van der Waals surface area contributed by atoms with Crippen LogP contribution in [0, 0.1) is 5.92 Å². The summed E-state index contributed by atoms with van der Waals surface area (Å²) >= 11 is 0. The van der Waals surface area contributed by atoms with E-state index in [1.165, 1.54) is 58.8 Å². The minimum atomic E-state index is -0.958. The Morgan fingerprint density at radius 3 is 1.71 bits per heavy atom. The fourth-order valence-corrected chi connectivity index (χ4v) is 2.29. The van der Waals surface area contributed by atoms with Gasteiger partial charge in [-0.1, -0.05) is 63.3 Å². The van der Waals surface area contributed by atoms with Crippen LogP contribution in [0.1, 0.15) is 97.8 Å². The van der Waals surface area contributed by atoms with Crippen LogP contribution >= 0.6 is 0 Å². The Bertz CT molecular complexity index is 427. The van der Waals surface area contributed by atoms with Gasteiger partial charge in [-0.2, -0.15) is 0 Å². The number of aliphatic hydroxyl groups is 1. The summed E-state index contributed by atoms with van der Waals surface area (Å²) in [6.07, 6.45) is 21.5. The maximum absolute atomic E-state index is 10.3. The fraction of sp³-hybridized carbons (Fsp3) is 0.739. The first kappa shape index (κ1) is 28.6. The number of aliphatic hydroxyl groups excluding tert-OH is 1. The van der Waals surface area contributed by atoms with Crippen molar-refractivity contribution in [2.75, 3.05) is 0 Å². The van der Waals surface area contributed by atoms with Gasteiger partial charge in [0, 0.05) is 6.42 Å². The number of carboxylic acids is 2. The molecule has 0 bridgehead atoms. The lowest BCUT2D eigenvalue weighted by atomic mass is 10.1. The van der Waals surface area contributed by atoms with E-state index in [4.69, 9.17) is 15.3 Å². The van der Waals surface area contributed by atoms with Crippen molar-refractivity contribution in [1.82, 2.24) is 0 Å². The summed E-state index contributed by atoms with van der Waals surface area (Å²) in [6, 6.07) is 0. The van der Waals surface area contributed by atoms with E-state index >= 15 is 0 Å². The van der Waals surface area contributed by atoms with Crippen LogP contribution in [0.25, 0.3) is 0 Å². The van der Waals surface area contributed by atoms with Gasteiger partial charge in [-0.05, 0) is 52.4 Å². The highest BCUT2D eigenvalue weighted by Crippen LogP contribution is 2.08. The van der Waals surface area contributed by atoms with E-state index in [1.807, 2.05) is 0 Å². The van der Waals surface area contributed by atoms with E-state index in [9.17, 15) is 9.59 Å². The van der Waals surface area contributed by atoms with Gasteiger partial charge >= 0.3 is 11.9 Å². The molecular weight excluding hydrogens is 356 g/mol. The van der Waals surface area contributed by atoms with Crippen molar-refractivity contribution in [3.05, 3.63) is 24.3 Å². The van der Waals surface area contributed by atoms with Crippen LogP contribution in [0.2, 0.25) is 0 Å². The highest BCUT2D eigenvalue weighted by molar-refractivity contribution is 5.70. The third-order valence-corrected chi connectivity index (χ3v) is 4.45. The number of hydrogen-bond donors (Lipinski definition) is 3. The second-order valence-electron chi connectivity index (χ2n) is 7.24. The Kier molecular flexibility index (Phi) is 22.1. The summed E-state index contributed by atoms with van der Waals surface area (Å²) in [6.45, 7) is 5.16. The van der Waals surface area contributed by atoms with Crippen molar-refractivity contribution in [3.63, 3.8) is 0 Å². The van der Waals surface area contributed by atoms with E-state index in [0.29, 0.717) is 6.42 Å². The molecule has 0 aromatic carbocycles. The molecule has 5 nitrogen and oxygen atoms in total. The number of aliphatic carboxylic acids is 2. The molecule has 0 aromatic rings. The topological polar surface area (TPSA) is 94.8 Å². The predicted molar refractivity (Wildman–Crippen MR) is 115 cm³/mol. The molecule has 0 aromatic heterocycles. The lowest BCUT2D eigenvalue weighted by Crippen LogP contribution is -2.21. The summed E-state index contributed by atoms with van der Waals surface area (Å²) in [5.41, 5.74) is 0. The maximum Gasteiger partial charge on any atom is 0.308 e. The number of rotatable bonds is 16. The zero-order valence-electron chi connectivity index (χ0n) is 18.1. The molecule has 28 heavy (non-hydrogen) atoms. The highest BCUT2D eigenvalue weighted by atomic mass is 16.4. The van der Waals surface area contributed by atoms with Gasteiger partial charge in [0.2, 0.25) is 0 Å². The van der Waals surface area contributed by atoms with E-state index in [0.717, 1.165) is 25.7 Å². The molecule has 0 spiro atoms. The molecule has 0 heterocycles. The van der Waals surface area contributed by atoms with Gasteiger partial charge in [-0.25, -0.2) is 0 Å². The van der Waals surface area contributed by atoms with Crippen LogP contribution in [-0.2, 0) is 9.59 Å². The van der Waals surface area contributed by atoms with E-state index in [2.05, 4.69) is 31.2 Å². The molecule has 2 atom stereocenters. The van der Waals surface area contributed by atoms with Crippen molar-refractivity contribution in [3.8, 4) is 0 Å². The normalized spacial score (nSPS) is 13.3. The van der Waals surface area contributed by atoms with Gasteiger partial charge in [0.15, 0.2) is 0 Å². The second kappa shape index (κ2) is 21.7. The van der Waals surface area contributed by atoms with Crippen LogP contribution in [0.4, 0.5) is 0 Å². The van der Waals surface area contributed by atoms with E-state index in [1.54, 1.807) is 0 Å². The summed E-state index contributed by atoms with van der Waals surface area (Å²) < 4.78 is 0. The van der Waals surface area contributed by atoms with Crippen LogP contribution in [0.3, 0.4) is 0 Å². The molecule has 0 radical (unpaired) electrons. The zero-order valence-corrected chi connectivity index (χ0v) is 18.1. The smallest absolute Gasteiger partial charge is 0.308 e. The van der Waals surface area contributed by atoms with E-state index < -0.39 is 24.0 Å². The Hall–Kier alpha value is -1.62. The molecule has 0 saturated carbocycles. The molecule has 0 aliphatic rings. The van der Waals surface area contributed by atoms with Gasteiger partial charge < -0.3 is 15.3 Å². The van der Waals surface area contributed by atoms with Crippen molar-refractivity contribution < 1.29 is 24.9 Å². The number of allylic oxidation sites excluding steroid dienone is 4. The van der Waals surface area contributed by atoms with E-state index in [-0.39, 0.29) is 0 Å². The molecule has 0 aliphatic carbocycles. The summed E-state index contributed by atoms with van der Waals surface area (Å²) in [5, 5.41) is 25.3. The Morgan fingerprint density at radius 2 is 1.29 bits per heavy atom. The van der Waals surface area contributed by atoms with Gasteiger partial charge in [-0.15, -0.1) is 0 Å². The summed E-state index contributed by atoms with van der Waals surface area (Å²) in [7, 11) is 0. The average molecular weight is 399 g/mol. The van der Waals surface area contributed by atoms with Crippen LogP contribution in [0.15, 0.2) is 24.3 Å². The number of carbonyl (C=O) groups is 2. The molecule has 0 rings (SSSR count). The lowest BCUT2D eigenvalue weighted by molar-refractivity contribution is -0.144. The summed E-state index contributed by atoms with van der Waals surface area (Å²) in [4.78, 5) is 20.3. The largest absolute Gasteiger partial charge is 0.481 e. The first-order valence-electron chi connectivity index (χ1n) is 10.8. The van der Waals surface area contributed by atoms with Crippen molar-refractivity contribution in [1.29, 1.82) is 0 Å². The molecule has 164 valence electrons. The first-order chi connectivity index (χ1) is 13.3. The molecule has 0 aliphatic heterocycles. The zero-order chi connectivity index (χ0) is 21.6. The average Bonchev–Trinajstić information content (AvgIpc) is 2.64. The maximum atomic E-state index is 10.3. The summed E-state index contributed by atoms with van der Waals surface area (Å²) in [5.74, 6) is -2.29. The minimum Gasteiger partial charge on any atom is -0.481 e. The standard InChI is InChI=1S/C18H32O2.C5H10O3/c1-2-3-4-5-6-7-8-9-10-11-12-13-14-15-16-17-18(19)20;1-3(4(2)6)5(7)8/h6-7,9-10H,2-5,8,11-17H2,1H3,(H,19,20);3-4,6H,1-2H3,(H,7,8). The molecule has 0 fully saturated rings. The fourth-order valence-electron chi connectivity index (χ4n) is 2.29. The molecule has 0 amide bonds. The predicted octanol–water partition coefficient (Wildman–Crippen LogP) is 5.97. The Labute approximate surface area is 171 Å². The molecule has 5 heteroatoms. The minimum absolute atomic E-state index is 0.324. The van der Waals surface area contributed by atoms with Crippen molar-refractivity contribution >= 4 is 11.9 Å². The second-order valence-corrected chi connectivity index (χ2v) is 7.24. The van der Waals surface area contributed by atoms with Gasteiger partial charge in [0.25, 0.3) is 0 Å². The highest BCUT2D eigenvalue weighted by Gasteiger charge is 2.15. The monoisotopic (exact) mass is 398 g/mol. The molecule has 3 N–H and O–H groups in total. The number of unbranched alkanes of at least 4 members (excludes halogenated alkanes) is 8. The van der Waals surface area contributed by atoms with Gasteiger partial charge in [0.05, 0.1) is 12.0 Å². The van der Waals surface area contributed by atoms with Gasteiger partial charge in [-0.3, -0.25) is 9.59 Å². The molecule has 2 unspecified atom stereocenters. The number of carboxylic acid groups (broad SMARTS) is 2. The van der Waals surface area contributed by atoms with Crippen molar-refractivity contribution in [2.24, 2.45) is 5.92 Å². The third-order valence-electron chi connectivity index (χ3n) is 4.45. The first-order valence-corrected chi connectivity index (χ1v) is 10.8. The SMILES string of the molecule is CC(O)C(C)C(=O)O.CCCCCC=CCC=CCCCCCCCC(=O)O. The van der Waals surface area contributed by atoms with Crippen LogP contribution < -0.4 is 0 Å². The quantitative estimate of drug-likeness (QED) is 0.220. The van der Waals surface area contributed by atoms with Gasteiger partial charge in [0.1, 0.15) is 0 Å². The Balaban J connectivity index is 0. The number of hydrogen-bond acceptors (Lipinski definition) is 3. The lowest BCUT2D eigenvalue weighted by Gasteiger charge is -2.06. The Morgan fingerprint density at radius 1 is 0.786 bits per heavy atom. The van der Waals surface area contributed by atoms with Crippen LogP contribution in [-0.4, -0.2) is 33.4 Å².